The molecule has 1 fully saturated rings. The van der Waals surface area contributed by atoms with E-state index in [1.807, 2.05) is 26.8 Å². The van der Waals surface area contributed by atoms with Crippen LogP contribution in [-0.2, 0) is 9.59 Å². The Balaban J connectivity index is 1.73. The molecular weight excluding hydrogens is 344 g/mol. The molecule has 1 N–H and O–H groups in total. The number of aromatic nitrogens is 4. The topological polar surface area (TPSA) is 93.0 Å². The summed E-state index contributed by atoms with van der Waals surface area (Å²) in [6, 6.07) is 3.68. The Kier molecular flexibility index (Phi) is 5.34. The number of nitrogens with one attached hydrogen (secondary N) is 1. The lowest BCUT2D eigenvalue weighted by molar-refractivity contribution is -0.130. The van der Waals surface area contributed by atoms with Crippen molar-refractivity contribution >= 4 is 17.6 Å². The highest BCUT2D eigenvalue weighted by molar-refractivity contribution is 5.93. The summed E-state index contributed by atoms with van der Waals surface area (Å²) in [6.07, 6.45) is 2.82. The van der Waals surface area contributed by atoms with Gasteiger partial charge in [-0.3, -0.25) is 9.59 Å². The van der Waals surface area contributed by atoms with Crippen LogP contribution in [0.5, 0.6) is 0 Å². The molecule has 27 heavy (non-hydrogen) atoms. The highest BCUT2D eigenvalue weighted by Gasteiger charge is 2.28. The Morgan fingerprint density at radius 3 is 2.59 bits per heavy atom. The summed E-state index contributed by atoms with van der Waals surface area (Å²) < 4.78 is 1.62. The number of hydrogen-bond donors (Lipinski definition) is 1. The summed E-state index contributed by atoms with van der Waals surface area (Å²) in [6.45, 7) is 10.3. The van der Waals surface area contributed by atoms with Crippen molar-refractivity contribution < 1.29 is 9.59 Å². The van der Waals surface area contributed by atoms with Crippen LogP contribution in [0.15, 0.2) is 24.8 Å². The van der Waals surface area contributed by atoms with Crippen LogP contribution in [0.4, 0.5) is 5.82 Å². The smallest absolute Gasteiger partial charge is 0.251 e. The van der Waals surface area contributed by atoms with Gasteiger partial charge in [-0.15, -0.1) is 5.10 Å². The molecule has 3 rings (SSSR count). The molecule has 1 saturated heterocycles. The average Bonchev–Trinajstić information content (AvgIpc) is 3.00. The number of carbonyl (C=O) groups excluding carboxylic acids is 2. The van der Waals surface area contributed by atoms with Gasteiger partial charge in [-0.2, -0.15) is 0 Å². The molecule has 2 aromatic heterocycles. The van der Waals surface area contributed by atoms with Crippen LogP contribution in [0.3, 0.4) is 0 Å². The minimum atomic E-state index is -0.259. The predicted molar refractivity (Wildman–Crippen MR) is 101 cm³/mol. The van der Waals surface area contributed by atoms with Crippen molar-refractivity contribution in [3.05, 3.63) is 41.9 Å². The van der Waals surface area contributed by atoms with E-state index in [0.717, 1.165) is 29.9 Å². The van der Waals surface area contributed by atoms with Crippen LogP contribution >= 0.6 is 0 Å². The highest BCUT2D eigenvalue weighted by atomic mass is 16.2. The molecule has 0 radical (unpaired) electrons. The largest absolute Gasteiger partial charge is 0.338 e. The third-order valence-corrected chi connectivity index (χ3v) is 4.58. The molecule has 3 heterocycles. The molecule has 8 heteroatoms. The Labute approximate surface area is 158 Å². The first kappa shape index (κ1) is 18.8. The number of likely N-dealkylation sites (tertiary alicyclic amines) is 1. The van der Waals surface area contributed by atoms with Crippen molar-refractivity contribution in [1.82, 2.24) is 24.6 Å². The monoisotopic (exact) mass is 368 g/mol. The van der Waals surface area contributed by atoms with Gasteiger partial charge in [0, 0.05) is 36.2 Å². The summed E-state index contributed by atoms with van der Waals surface area (Å²) in [4.78, 5) is 34.9. The van der Waals surface area contributed by atoms with E-state index in [1.54, 1.807) is 15.6 Å². The standard InChI is InChI=1S/C19H24N6O2/c1-5-17(26)24-8-6-7-15(11-24)18(27)22-16-10-14(4)25(23-16)19-20-12(2)9-13(3)21-19/h5,9-10,15H,1,6-8,11H2,2-4H3,(H,22,23,27). The average molecular weight is 368 g/mol. The first-order valence-electron chi connectivity index (χ1n) is 8.99. The Hall–Kier alpha value is -3.03. The maximum absolute atomic E-state index is 12.6. The van der Waals surface area contributed by atoms with Crippen molar-refractivity contribution in [2.24, 2.45) is 5.92 Å². The zero-order valence-corrected chi connectivity index (χ0v) is 15.9. The van der Waals surface area contributed by atoms with E-state index in [4.69, 9.17) is 0 Å². The van der Waals surface area contributed by atoms with Gasteiger partial charge in [0.05, 0.1) is 5.92 Å². The quantitative estimate of drug-likeness (QED) is 0.833. The molecule has 1 unspecified atom stereocenters. The van der Waals surface area contributed by atoms with Gasteiger partial charge >= 0.3 is 0 Å². The second-order valence-corrected chi connectivity index (χ2v) is 6.85. The van der Waals surface area contributed by atoms with Gasteiger partial charge in [0.15, 0.2) is 5.82 Å². The number of hydrogen-bond acceptors (Lipinski definition) is 5. The van der Waals surface area contributed by atoms with Crippen LogP contribution in [0.1, 0.15) is 29.9 Å². The minimum Gasteiger partial charge on any atom is -0.338 e. The van der Waals surface area contributed by atoms with E-state index in [-0.39, 0.29) is 17.7 Å². The Morgan fingerprint density at radius 2 is 1.93 bits per heavy atom. The summed E-state index contributed by atoms with van der Waals surface area (Å²) in [5.74, 6) is 0.395. The zero-order valence-electron chi connectivity index (χ0n) is 15.9. The van der Waals surface area contributed by atoms with Gasteiger partial charge in [-0.05, 0) is 45.8 Å². The Bertz CT molecular complexity index is 868. The molecule has 2 aromatic rings. The van der Waals surface area contributed by atoms with Crippen LogP contribution < -0.4 is 5.32 Å². The van der Waals surface area contributed by atoms with Gasteiger partial charge in [-0.25, -0.2) is 14.6 Å². The van der Waals surface area contributed by atoms with Gasteiger partial charge in [0.2, 0.25) is 11.8 Å². The number of piperidine rings is 1. The van der Waals surface area contributed by atoms with Crippen molar-refractivity contribution in [2.45, 2.75) is 33.6 Å². The third kappa shape index (κ3) is 4.21. The summed E-state index contributed by atoms with van der Waals surface area (Å²) in [7, 11) is 0. The van der Waals surface area contributed by atoms with E-state index in [1.165, 1.54) is 6.08 Å². The highest BCUT2D eigenvalue weighted by Crippen LogP contribution is 2.20. The van der Waals surface area contributed by atoms with E-state index in [0.29, 0.717) is 24.9 Å². The van der Waals surface area contributed by atoms with Crippen LogP contribution in [0.25, 0.3) is 5.95 Å². The van der Waals surface area contributed by atoms with Crippen molar-refractivity contribution in [3.8, 4) is 5.95 Å². The number of anilines is 1. The summed E-state index contributed by atoms with van der Waals surface area (Å²) in [5, 5.41) is 7.29. The van der Waals surface area contributed by atoms with Crippen molar-refractivity contribution in [3.63, 3.8) is 0 Å². The minimum absolute atomic E-state index is 0.137. The maximum atomic E-state index is 12.6. The number of nitrogens with zero attached hydrogens (tertiary/aromatic N) is 5. The fraction of sp³-hybridized carbons (Fsp3) is 0.421. The zero-order chi connectivity index (χ0) is 19.6. The molecule has 1 aliphatic rings. The second kappa shape index (κ2) is 7.69. The Morgan fingerprint density at radius 1 is 1.22 bits per heavy atom. The molecule has 1 atom stereocenters. The van der Waals surface area contributed by atoms with Crippen molar-refractivity contribution in [1.29, 1.82) is 0 Å². The third-order valence-electron chi connectivity index (χ3n) is 4.58. The molecule has 0 aliphatic carbocycles. The van der Waals surface area contributed by atoms with Gasteiger partial charge in [-0.1, -0.05) is 6.58 Å². The number of aryl methyl sites for hydroxylation is 3. The normalized spacial score (nSPS) is 16.9. The van der Waals surface area contributed by atoms with Crippen LogP contribution in [-0.4, -0.2) is 49.6 Å². The lowest BCUT2D eigenvalue weighted by Crippen LogP contribution is -2.43. The van der Waals surface area contributed by atoms with Crippen LogP contribution in [0.2, 0.25) is 0 Å². The van der Waals surface area contributed by atoms with Gasteiger partial charge < -0.3 is 10.2 Å². The van der Waals surface area contributed by atoms with Crippen molar-refractivity contribution in [2.75, 3.05) is 18.4 Å². The fourth-order valence-corrected chi connectivity index (χ4v) is 3.29. The van der Waals surface area contributed by atoms with Gasteiger partial charge in [0.1, 0.15) is 0 Å². The SMILES string of the molecule is C=CC(=O)N1CCCC(C(=O)Nc2cc(C)n(-c3nc(C)cc(C)n3)n2)C1. The second-order valence-electron chi connectivity index (χ2n) is 6.85. The summed E-state index contributed by atoms with van der Waals surface area (Å²) in [5.41, 5.74) is 2.53. The molecule has 0 saturated carbocycles. The molecule has 8 nitrogen and oxygen atoms in total. The first-order valence-corrected chi connectivity index (χ1v) is 8.99. The predicted octanol–water partition coefficient (Wildman–Crippen LogP) is 1.95. The lowest BCUT2D eigenvalue weighted by atomic mass is 9.97. The molecule has 0 aromatic carbocycles. The first-order chi connectivity index (χ1) is 12.9. The van der Waals surface area contributed by atoms with E-state index < -0.39 is 0 Å². The summed E-state index contributed by atoms with van der Waals surface area (Å²) >= 11 is 0. The number of carbonyl (C=O) groups is 2. The maximum Gasteiger partial charge on any atom is 0.251 e. The molecule has 142 valence electrons. The molecular formula is C19H24N6O2. The lowest BCUT2D eigenvalue weighted by Gasteiger charge is -2.31. The van der Waals surface area contributed by atoms with E-state index in [9.17, 15) is 9.59 Å². The molecule has 0 bridgehead atoms. The number of amides is 2. The number of rotatable bonds is 4. The van der Waals surface area contributed by atoms with E-state index >= 15 is 0 Å². The van der Waals surface area contributed by atoms with E-state index in [2.05, 4.69) is 27.0 Å². The van der Waals surface area contributed by atoms with Crippen LogP contribution in [0, 0.1) is 26.7 Å². The molecule has 2 amide bonds. The molecule has 0 spiro atoms. The fourth-order valence-electron chi connectivity index (χ4n) is 3.29. The van der Waals surface area contributed by atoms with Gasteiger partial charge in [0.25, 0.3) is 5.95 Å². The molecule has 1 aliphatic heterocycles.